The lowest BCUT2D eigenvalue weighted by Crippen LogP contribution is -2.01. The number of benzene rings is 1. The third-order valence-corrected chi connectivity index (χ3v) is 2.42. The lowest BCUT2D eigenvalue weighted by molar-refractivity contribution is -0.387. The van der Waals surface area contributed by atoms with Crippen molar-refractivity contribution < 1.29 is 9.31 Å². The highest BCUT2D eigenvalue weighted by atomic mass is 79.9. The number of hydrogen-bond acceptors (Lipinski definition) is 3. The summed E-state index contributed by atoms with van der Waals surface area (Å²) < 4.78 is 13.2. The predicted molar refractivity (Wildman–Crippen MR) is 48.6 cm³/mol. The molecule has 0 saturated heterocycles. The van der Waals surface area contributed by atoms with Crippen LogP contribution in [0.3, 0.4) is 0 Å². The van der Waals surface area contributed by atoms with Crippen molar-refractivity contribution in [2.24, 2.45) is 5.73 Å². The molecule has 4 nitrogen and oxygen atoms in total. The number of rotatable bonds is 2. The maximum atomic E-state index is 13.2. The number of hydrogen-bond donors (Lipinski definition) is 1. The van der Waals surface area contributed by atoms with Crippen LogP contribution in [0.4, 0.5) is 10.1 Å². The molecule has 0 aromatic heterocycles. The van der Waals surface area contributed by atoms with Crippen molar-refractivity contribution in [3.8, 4) is 0 Å². The summed E-state index contributed by atoms with van der Waals surface area (Å²) in [5.41, 5.74) is 5.23. The first kappa shape index (κ1) is 10.1. The molecule has 1 rings (SSSR count). The summed E-state index contributed by atoms with van der Waals surface area (Å²) >= 11 is 2.90. The maximum Gasteiger partial charge on any atom is 0.305 e. The summed E-state index contributed by atoms with van der Waals surface area (Å²) in [5.74, 6) is -0.882. The van der Waals surface area contributed by atoms with Crippen molar-refractivity contribution in [2.75, 3.05) is 0 Å². The van der Waals surface area contributed by atoms with Crippen LogP contribution in [0.2, 0.25) is 0 Å². The van der Waals surface area contributed by atoms with E-state index in [1.54, 1.807) is 0 Å². The molecule has 0 atom stereocenters. The van der Waals surface area contributed by atoms with Gasteiger partial charge in [0.05, 0.1) is 9.40 Å². The van der Waals surface area contributed by atoms with Gasteiger partial charge in [0.25, 0.3) is 0 Å². The number of nitro groups is 1. The Morgan fingerprint density at radius 2 is 2.23 bits per heavy atom. The van der Waals surface area contributed by atoms with Crippen LogP contribution in [0.5, 0.6) is 0 Å². The molecule has 0 aliphatic rings. The second kappa shape index (κ2) is 3.80. The smallest absolute Gasteiger partial charge is 0.305 e. The Morgan fingerprint density at radius 3 is 2.69 bits per heavy atom. The molecule has 0 amide bonds. The van der Waals surface area contributed by atoms with Crippen LogP contribution in [0.1, 0.15) is 5.56 Å². The van der Waals surface area contributed by atoms with Gasteiger partial charge < -0.3 is 5.73 Å². The fraction of sp³-hybridized carbons (Fsp3) is 0.143. The van der Waals surface area contributed by atoms with Crippen LogP contribution in [0, 0.1) is 15.9 Å². The Balaban J connectivity index is 3.31. The summed E-state index contributed by atoms with van der Waals surface area (Å²) in [5, 5.41) is 10.3. The Kier molecular flexibility index (Phi) is 2.94. The van der Waals surface area contributed by atoms with Gasteiger partial charge >= 0.3 is 5.69 Å². The van der Waals surface area contributed by atoms with Gasteiger partial charge in [0, 0.05) is 12.6 Å². The summed E-state index contributed by atoms with van der Waals surface area (Å²) in [4.78, 5) is 9.51. The fourth-order valence-corrected chi connectivity index (χ4v) is 1.38. The van der Waals surface area contributed by atoms with Gasteiger partial charge in [-0.25, -0.2) is 0 Å². The number of nitrogens with two attached hydrogens (primary N) is 1. The summed E-state index contributed by atoms with van der Waals surface area (Å²) in [6.45, 7) is 0.134. The molecule has 0 heterocycles. The standard InChI is InChI=1S/C7H6BrFN2O2/c8-6-4(3-10)1-2-5(7(6)9)11(12)13/h1-2H,3,10H2. The van der Waals surface area contributed by atoms with Gasteiger partial charge in [-0.2, -0.15) is 4.39 Å². The third kappa shape index (κ3) is 1.84. The minimum atomic E-state index is -0.882. The van der Waals surface area contributed by atoms with Gasteiger partial charge in [-0.15, -0.1) is 0 Å². The number of nitro benzene ring substituents is 1. The number of halogens is 2. The zero-order valence-corrected chi connectivity index (χ0v) is 8.04. The second-order valence-corrected chi connectivity index (χ2v) is 3.13. The highest BCUT2D eigenvalue weighted by Gasteiger charge is 2.18. The van der Waals surface area contributed by atoms with Gasteiger partial charge in [-0.1, -0.05) is 0 Å². The Hall–Kier alpha value is -1.01. The monoisotopic (exact) mass is 248 g/mol. The molecule has 0 fully saturated rings. The van der Waals surface area contributed by atoms with Crippen molar-refractivity contribution in [2.45, 2.75) is 6.54 Å². The number of nitrogens with zero attached hydrogens (tertiary/aromatic N) is 1. The van der Waals surface area contributed by atoms with Crippen LogP contribution >= 0.6 is 15.9 Å². The second-order valence-electron chi connectivity index (χ2n) is 2.33. The van der Waals surface area contributed by atoms with E-state index in [1.165, 1.54) is 6.07 Å². The zero-order valence-electron chi connectivity index (χ0n) is 6.46. The maximum absolute atomic E-state index is 13.2. The molecule has 1 aromatic rings. The van der Waals surface area contributed by atoms with Crippen LogP contribution in [0.25, 0.3) is 0 Å². The molecule has 0 spiro atoms. The van der Waals surface area contributed by atoms with Gasteiger partial charge in [0.2, 0.25) is 5.82 Å². The van der Waals surface area contributed by atoms with Crippen LogP contribution in [-0.4, -0.2) is 4.92 Å². The van der Waals surface area contributed by atoms with E-state index in [0.29, 0.717) is 5.56 Å². The SMILES string of the molecule is NCc1ccc([N+](=O)[O-])c(F)c1Br. The van der Waals surface area contributed by atoms with E-state index in [9.17, 15) is 14.5 Å². The highest BCUT2D eigenvalue weighted by Crippen LogP contribution is 2.27. The molecular formula is C7H6BrFN2O2. The first-order valence-electron chi connectivity index (χ1n) is 3.39. The van der Waals surface area contributed by atoms with Crippen molar-refractivity contribution in [3.05, 3.63) is 38.1 Å². The van der Waals surface area contributed by atoms with Gasteiger partial charge in [0.1, 0.15) is 0 Å². The quantitative estimate of drug-likeness (QED) is 0.643. The fourth-order valence-electron chi connectivity index (χ4n) is 0.878. The molecule has 2 N–H and O–H groups in total. The Morgan fingerprint density at radius 1 is 1.62 bits per heavy atom. The van der Waals surface area contributed by atoms with E-state index in [4.69, 9.17) is 5.73 Å². The predicted octanol–water partition coefficient (Wildman–Crippen LogP) is 1.96. The molecule has 0 radical (unpaired) electrons. The van der Waals surface area contributed by atoms with Crippen LogP contribution in [-0.2, 0) is 6.54 Å². The molecule has 70 valence electrons. The first-order valence-corrected chi connectivity index (χ1v) is 4.18. The average molecular weight is 249 g/mol. The average Bonchev–Trinajstić information content (AvgIpc) is 2.09. The summed E-state index contributed by atoms with van der Waals surface area (Å²) in [6.07, 6.45) is 0. The van der Waals surface area contributed by atoms with Gasteiger partial charge in [-0.05, 0) is 27.6 Å². The van der Waals surface area contributed by atoms with E-state index in [0.717, 1.165) is 6.07 Å². The largest absolute Gasteiger partial charge is 0.326 e. The Labute approximate surface area is 81.8 Å². The van der Waals surface area contributed by atoms with Crippen molar-refractivity contribution in [1.29, 1.82) is 0 Å². The van der Waals surface area contributed by atoms with Crippen LogP contribution < -0.4 is 5.73 Å². The van der Waals surface area contributed by atoms with E-state index in [1.807, 2.05) is 0 Å². The molecule has 0 unspecified atom stereocenters. The molecule has 6 heteroatoms. The van der Waals surface area contributed by atoms with E-state index < -0.39 is 16.4 Å². The van der Waals surface area contributed by atoms with E-state index in [-0.39, 0.29) is 11.0 Å². The minimum absolute atomic E-state index is 0.0594. The third-order valence-electron chi connectivity index (χ3n) is 1.56. The highest BCUT2D eigenvalue weighted by molar-refractivity contribution is 9.10. The van der Waals surface area contributed by atoms with E-state index >= 15 is 0 Å². The minimum Gasteiger partial charge on any atom is -0.326 e. The molecule has 0 aliphatic heterocycles. The molecule has 0 aliphatic carbocycles. The molecule has 0 saturated carbocycles. The van der Waals surface area contributed by atoms with Crippen LogP contribution in [0.15, 0.2) is 16.6 Å². The van der Waals surface area contributed by atoms with Crippen molar-refractivity contribution in [3.63, 3.8) is 0 Å². The molecular weight excluding hydrogens is 243 g/mol. The molecule has 13 heavy (non-hydrogen) atoms. The topological polar surface area (TPSA) is 69.2 Å². The zero-order chi connectivity index (χ0) is 10.0. The lowest BCUT2D eigenvalue weighted by atomic mass is 10.2. The van der Waals surface area contributed by atoms with Gasteiger partial charge in [-0.3, -0.25) is 10.1 Å². The summed E-state index contributed by atoms with van der Waals surface area (Å²) in [7, 11) is 0. The van der Waals surface area contributed by atoms with E-state index in [2.05, 4.69) is 15.9 Å². The van der Waals surface area contributed by atoms with Crippen molar-refractivity contribution >= 4 is 21.6 Å². The lowest BCUT2D eigenvalue weighted by Gasteiger charge is -2.01. The molecule has 1 aromatic carbocycles. The normalized spacial score (nSPS) is 10.1. The Bertz CT molecular complexity index is 357. The summed E-state index contributed by atoms with van der Waals surface area (Å²) in [6, 6.07) is 2.52. The molecule has 0 bridgehead atoms. The van der Waals surface area contributed by atoms with Crippen molar-refractivity contribution in [1.82, 2.24) is 0 Å². The first-order chi connectivity index (χ1) is 6.07. The van der Waals surface area contributed by atoms with Gasteiger partial charge in [0.15, 0.2) is 0 Å².